The smallest absolute Gasteiger partial charge is 0.136 e. The van der Waals surface area contributed by atoms with Gasteiger partial charge >= 0.3 is 0 Å². The minimum absolute atomic E-state index is 0.0935. The Morgan fingerprint density at radius 3 is 2.45 bits per heavy atom. The maximum Gasteiger partial charge on any atom is 0.136 e. The first kappa shape index (κ1) is 14.5. The monoisotopic (exact) mass is 276 g/mol. The highest BCUT2D eigenvalue weighted by molar-refractivity contribution is 5.40. The molecule has 0 spiro atoms. The van der Waals surface area contributed by atoms with E-state index in [2.05, 4.69) is 0 Å². The van der Waals surface area contributed by atoms with Crippen LogP contribution in [0.15, 0.2) is 42.5 Å². The molecule has 0 radical (unpaired) electrons. The Bertz CT molecular complexity index is 564. The second-order valence-corrected chi connectivity index (χ2v) is 4.55. The molecule has 0 fully saturated rings. The Kier molecular flexibility index (Phi) is 4.71. The Morgan fingerprint density at radius 1 is 1.15 bits per heavy atom. The molecule has 0 heterocycles. The van der Waals surface area contributed by atoms with Gasteiger partial charge in [-0.3, -0.25) is 0 Å². The molecule has 4 heteroatoms. The molecule has 2 aromatic rings. The zero-order valence-corrected chi connectivity index (χ0v) is 11.2. The number of aliphatic hydroxyl groups excluding tert-OH is 2. The van der Waals surface area contributed by atoms with Gasteiger partial charge in [0, 0.05) is 6.61 Å². The van der Waals surface area contributed by atoms with Gasteiger partial charge in [0.15, 0.2) is 0 Å². The van der Waals surface area contributed by atoms with Crippen molar-refractivity contribution < 1.29 is 19.3 Å². The summed E-state index contributed by atoms with van der Waals surface area (Å²) < 4.78 is 19.3. The first-order valence-electron chi connectivity index (χ1n) is 6.46. The summed E-state index contributed by atoms with van der Waals surface area (Å²) in [6.45, 7) is 1.59. The molecule has 2 aromatic carbocycles. The molecular formula is C16H17FO3. The van der Waals surface area contributed by atoms with Gasteiger partial charge in [0.2, 0.25) is 0 Å². The van der Waals surface area contributed by atoms with Gasteiger partial charge in [0.25, 0.3) is 0 Å². The van der Waals surface area contributed by atoms with Crippen molar-refractivity contribution in [2.75, 3.05) is 6.61 Å². The van der Waals surface area contributed by atoms with Crippen LogP contribution in [0.1, 0.15) is 24.2 Å². The third-order valence-corrected chi connectivity index (χ3v) is 2.98. The van der Waals surface area contributed by atoms with Crippen LogP contribution in [0.4, 0.5) is 4.39 Å². The molecule has 0 aromatic heterocycles. The minimum Gasteiger partial charge on any atom is -0.457 e. The molecule has 2 N–H and O–H groups in total. The maximum atomic E-state index is 13.7. The minimum atomic E-state index is -0.945. The standard InChI is InChI=1S/C16H17FO3/c1-11(19)16-14(17)3-2-4-15(16)20-13-7-5-12(6-8-13)9-10-18/h2-8,11,18-19H,9-10H2,1H3/t11-/m0/s1. The molecule has 1 atom stereocenters. The molecule has 0 saturated carbocycles. The van der Waals surface area contributed by atoms with Crippen molar-refractivity contribution in [2.24, 2.45) is 0 Å². The maximum absolute atomic E-state index is 13.7. The van der Waals surface area contributed by atoms with Crippen LogP contribution in [-0.4, -0.2) is 16.8 Å². The number of rotatable bonds is 5. The first-order valence-corrected chi connectivity index (χ1v) is 6.46. The van der Waals surface area contributed by atoms with E-state index in [-0.39, 0.29) is 12.2 Å². The number of benzene rings is 2. The van der Waals surface area contributed by atoms with Crippen LogP contribution in [0, 0.1) is 5.82 Å². The molecule has 0 aliphatic heterocycles. The number of ether oxygens (including phenoxy) is 1. The predicted octanol–water partition coefficient (Wildman–Crippen LogP) is 3.21. The van der Waals surface area contributed by atoms with Gasteiger partial charge in [-0.25, -0.2) is 4.39 Å². The number of hydrogen-bond acceptors (Lipinski definition) is 3. The summed E-state index contributed by atoms with van der Waals surface area (Å²) in [5.41, 5.74) is 1.14. The van der Waals surface area contributed by atoms with Gasteiger partial charge in [-0.2, -0.15) is 0 Å². The van der Waals surface area contributed by atoms with Crippen LogP contribution in [0.5, 0.6) is 11.5 Å². The lowest BCUT2D eigenvalue weighted by Crippen LogP contribution is -2.00. The van der Waals surface area contributed by atoms with E-state index in [1.807, 2.05) is 12.1 Å². The average molecular weight is 276 g/mol. The first-order chi connectivity index (χ1) is 9.61. The SMILES string of the molecule is C[C@H](O)c1c(F)cccc1Oc1ccc(CCO)cc1. The highest BCUT2D eigenvalue weighted by Gasteiger charge is 2.15. The largest absolute Gasteiger partial charge is 0.457 e. The van der Waals surface area contributed by atoms with Gasteiger partial charge in [0.1, 0.15) is 17.3 Å². The van der Waals surface area contributed by atoms with Gasteiger partial charge in [-0.15, -0.1) is 0 Å². The Hall–Kier alpha value is -1.91. The lowest BCUT2D eigenvalue weighted by Gasteiger charge is -2.14. The molecule has 3 nitrogen and oxygen atoms in total. The van der Waals surface area contributed by atoms with Crippen molar-refractivity contribution in [1.29, 1.82) is 0 Å². The van der Waals surface area contributed by atoms with E-state index in [1.165, 1.54) is 19.1 Å². The van der Waals surface area contributed by atoms with Gasteiger partial charge in [-0.05, 0) is 43.2 Å². The Balaban J connectivity index is 2.23. The lowest BCUT2D eigenvalue weighted by atomic mass is 10.1. The molecule has 2 rings (SSSR count). The molecular weight excluding hydrogens is 259 g/mol. The molecule has 0 amide bonds. The Labute approximate surface area is 117 Å². The molecule has 20 heavy (non-hydrogen) atoms. The second kappa shape index (κ2) is 6.50. The Morgan fingerprint density at radius 2 is 1.85 bits per heavy atom. The van der Waals surface area contributed by atoms with Gasteiger partial charge in [0.05, 0.1) is 11.7 Å². The average Bonchev–Trinajstić information content (AvgIpc) is 2.41. The third-order valence-electron chi connectivity index (χ3n) is 2.98. The van der Waals surface area contributed by atoms with Crippen LogP contribution in [0.3, 0.4) is 0 Å². The predicted molar refractivity (Wildman–Crippen MR) is 74.3 cm³/mol. The highest BCUT2D eigenvalue weighted by atomic mass is 19.1. The van der Waals surface area contributed by atoms with Crippen LogP contribution in [-0.2, 0) is 6.42 Å². The van der Waals surface area contributed by atoms with Gasteiger partial charge < -0.3 is 14.9 Å². The van der Waals surface area contributed by atoms with Crippen molar-refractivity contribution in [3.8, 4) is 11.5 Å². The topological polar surface area (TPSA) is 49.7 Å². The highest BCUT2D eigenvalue weighted by Crippen LogP contribution is 2.31. The fourth-order valence-electron chi connectivity index (χ4n) is 1.99. The van der Waals surface area contributed by atoms with E-state index in [4.69, 9.17) is 9.84 Å². The number of halogens is 1. The summed E-state index contributed by atoms with van der Waals surface area (Å²) in [6.07, 6.45) is -0.362. The van der Waals surface area contributed by atoms with Crippen LogP contribution < -0.4 is 4.74 Å². The van der Waals surface area contributed by atoms with E-state index in [1.54, 1.807) is 18.2 Å². The van der Waals surface area contributed by atoms with Crippen molar-refractivity contribution in [2.45, 2.75) is 19.4 Å². The van der Waals surface area contributed by atoms with Crippen molar-refractivity contribution >= 4 is 0 Å². The van der Waals surface area contributed by atoms with Crippen LogP contribution in [0.25, 0.3) is 0 Å². The molecule has 0 aliphatic carbocycles. The zero-order valence-electron chi connectivity index (χ0n) is 11.2. The number of aliphatic hydroxyl groups is 2. The fraction of sp³-hybridized carbons (Fsp3) is 0.250. The molecule has 106 valence electrons. The summed E-state index contributed by atoms with van der Waals surface area (Å²) in [6, 6.07) is 11.6. The van der Waals surface area contributed by atoms with Crippen molar-refractivity contribution in [1.82, 2.24) is 0 Å². The van der Waals surface area contributed by atoms with Crippen molar-refractivity contribution in [3.63, 3.8) is 0 Å². The van der Waals surface area contributed by atoms with Crippen molar-refractivity contribution in [3.05, 3.63) is 59.4 Å². The normalized spacial score (nSPS) is 12.2. The van der Waals surface area contributed by atoms with Crippen LogP contribution >= 0.6 is 0 Å². The summed E-state index contributed by atoms with van der Waals surface area (Å²) in [5, 5.41) is 18.5. The summed E-state index contributed by atoms with van der Waals surface area (Å²) >= 11 is 0. The molecule has 0 aliphatic rings. The molecule has 0 bridgehead atoms. The zero-order chi connectivity index (χ0) is 14.5. The fourth-order valence-corrected chi connectivity index (χ4v) is 1.99. The third kappa shape index (κ3) is 3.35. The summed E-state index contributed by atoms with van der Waals surface area (Å²) in [4.78, 5) is 0. The van der Waals surface area contributed by atoms with E-state index < -0.39 is 11.9 Å². The lowest BCUT2D eigenvalue weighted by molar-refractivity contribution is 0.190. The van der Waals surface area contributed by atoms with E-state index in [0.717, 1.165) is 5.56 Å². The van der Waals surface area contributed by atoms with E-state index in [0.29, 0.717) is 17.9 Å². The van der Waals surface area contributed by atoms with Crippen LogP contribution in [0.2, 0.25) is 0 Å². The summed E-state index contributed by atoms with van der Waals surface area (Å²) in [5.74, 6) is 0.364. The van der Waals surface area contributed by atoms with Gasteiger partial charge in [-0.1, -0.05) is 18.2 Å². The molecule has 0 saturated heterocycles. The quantitative estimate of drug-likeness (QED) is 0.881. The second-order valence-electron chi connectivity index (χ2n) is 4.55. The van der Waals surface area contributed by atoms with E-state index in [9.17, 15) is 9.50 Å². The molecule has 0 unspecified atom stereocenters. The van der Waals surface area contributed by atoms with E-state index >= 15 is 0 Å². The summed E-state index contributed by atoms with van der Waals surface area (Å²) in [7, 11) is 0. The number of hydrogen-bond donors (Lipinski definition) is 2.